The first kappa shape index (κ1) is 20.8. The number of nitrogens with two attached hydrogens (primary N) is 1. The van der Waals surface area contributed by atoms with Gasteiger partial charge < -0.3 is 10.8 Å². The molecule has 1 saturated carbocycles. The van der Waals surface area contributed by atoms with Crippen molar-refractivity contribution in [3.05, 3.63) is 71.6 Å². The van der Waals surface area contributed by atoms with E-state index in [-0.39, 0.29) is 35.2 Å². The molecule has 6 nitrogen and oxygen atoms in total. The topological polar surface area (TPSA) is 102 Å². The molecule has 1 aromatic carbocycles. The zero-order chi connectivity index (χ0) is 22.2. The molecule has 0 radical (unpaired) electrons. The summed E-state index contributed by atoms with van der Waals surface area (Å²) in [7, 11) is 0. The summed E-state index contributed by atoms with van der Waals surface area (Å²) >= 11 is 0. The predicted molar refractivity (Wildman–Crippen MR) is 106 cm³/mol. The lowest BCUT2D eigenvalue weighted by molar-refractivity contribution is 0.0792. The summed E-state index contributed by atoms with van der Waals surface area (Å²) < 4.78 is 42.2. The Kier molecular flexibility index (Phi) is 5.34. The third-order valence-electron chi connectivity index (χ3n) is 5.70. The number of carbonyl (C=O) groups is 1. The lowest BCUT2D eigenvalue weighted by atomic mass is 9.62. The van der Waals surface area contributed by atoms with Crippen LogP contribution in [0.3, 0.4) is 0 Å². The fraction of sp³-hybridized carbons (Fsp3) is 0.273. The van der Waals surface area contributed by atoms with Crippen LogP contribution in [0.4, 0.5) is 13.2 Å². The molecule has 0 unspecified atom stereocenters. The number of pyridine rings is 1. The third-order valence-corrected chi connectivity index (χ3v) is 5.70. The van der Waals surface area contributed by atoms with Gasteiger partial charge >= 0.3 is 0 Å². The van der Waals surface area contributed by atoms with Gasteiger partial charge in [-0.1, -0.05) is 0 Å². The molecule has 0 bridgehead atoms. The molecule has 31 heavy (non-hydrogen) atoms. The summed E-state index contributed by atoms with van der Waals surface area (Å²) in [6, 6.07) is 4.92. The maximum Gasteiger partial charge on any atom is 0.252 e. The van der Waals surface area contributed by atoms with Crippen molar-refractivity contribution in [3.63, 3.8) is 0 Å². The summed E-state index contributed by atoms with van der Waals surface area (Å²) in [5.41, 5.74) is 4.44. The Morgan fingerprint density at radius 1 is 1.13 bits per heavy atom. The fourth-order valence-electron chi connectivity index (χ4n) is 4.08. The molecule has 1 fully saturated rings. The van der Waals surface area contributed by atoms with Gasteiger partial charge in [0.1, 0.15) is 29.4 Å². The Hall–Kier alpha value is -3.49. The monoisotopic (exact) mass is 428 g/mol. The molecule has 2 heterocycles. The molecule has 0 saturated heterocycles. The Labute approximate surface area is 176 Å². The van der Waals surface area contributed by atoms with E-state index in [0.29, 0.717) is 18.7 Å². The molecule has 160 valence electrons. The minimum Gasteiger partial charge on any atom is -0.506 e. The molecule has 1 amide bonds. The van der Waals surface area contributed by atoms with Crippen LogP contribution in [0.15, 0.2) is 42.9 Å². The quantitative estimate of drug-likeness (QED) is 0.624. The van der Waals surface area contributed by atoms with Crippen LogP contribution in [0, 0.1) is 11.6 Å². The summed E-state index contributed by atoms with van der Waals surface area (Å²) in [4.78, 5) is 23.9. The highest BCUT2D eigenvalue weighted by Gasteiger charge is 2.48. The zero-order valence-electron chi connectivity index (χ0n) is 16.4. The molecule has 9 heteroatoms. The number of phenols is 1. The highest BCUT2D eigenvalue weighted by molar-refractivity contribution is 5.98. The number of primary amides is 1. The van der Waals surface area contributed by atoms with E-state index in [0.717, 1.165) is 12.1 Å². The summed E-state index contributed by atoms with van der Waals surface area (Å²) in [5, 5.41) is 10.2. The number of hydrogen-bond acceptors (Lipinski definition) is 5. The summed E-state index contributed by atoms with van der Waals surface area (Å²) in [5.74, 6) is -2.31. The maximum absolute atomic E-state index is 14.3. The van der Waals surface area contributed by atoms with Crippen LogP contribution in [0.25, 0.3) is 11.1 Å². The van der Waals surface area contributed by atoms with Gasteiger partial charge in [0.2, 0.25) is 0 Å². The fourth-order valence-corrected chi connectivity index (χ4v) is 4.08. The van der Waals surface area contributed by atoms with Crippen molar-refractivity contribution in [1.82, 2.24) is 15.0 Å². The molecule has 0 atom stereocenters. The van der Waals surface area contributed by atoms with E-state index in [1.807, 2.05) is 0 Å². The van der Waals surface area contributed by atoms with Gasteiger partial charge in [-0.2, -0.15) is 0 Å². The Balaban J connectivity index is 1.55. The van der Waals surface area contributed by atoms with E-state index in [1.165, 1.54) is 30.7 Å². The lowest BCUT2D eigenvalue weighted by Crippen LogP contribution is -2.44. The zero-order valence-corrected chi connectivity index (χ0v) is 16.4. The molecule has 1 aliphatic rings. The van der Waals surface area contributed by atoms with E-state index in [9.17, 15) is 23.1 Å². The standard InChI is InChI=1S/C22H19F3N4O2/c23-13-8-22(9-13,20-16(25)2-1-7-27-20)6-5-17-28-10-12(11-29-17)18-15(24)4-3-14(19(18)30)21(26)31/h1-4,7,10-11,13,30H,5-6,8-9H2,(H2,26,31). The molecule has 3 aromatic rings. The van der Waals surface area contributed by atoms with E-state index < -0.39 is 34.9 Å². The average molecular weight is 428 g/mol. The Morgan fingerprint density at radius 2 is 1.84 bits per heavy atom. The normalized spacial score (nSPS) is 20.3. The van der Waals surface area contributed by atoms with Crippen LogP contribution in [0.1, 0.15) is 41.1 Å². The first-order valence-electron chi connectivity index (χ1n) is 9.68. The third kappa shape index (κ3) is 3.83. The predicted octanol–water partition coefficient (Wildman–Crippen LogP) is 3.62. The van der Waals surface area contributed by atoms with E-state index in [4.69, 9.17) is 5.73 Å². The summed E-state index contributed by atoms with van der Waals surface area (Å²) in [6.45, 7) is 0. The lowest BCUT2D eigenvalue weighted by Gasteiger charge is -2.44. The molecular formula is C22H19F3N4O2. The van der Waals surface area contributed by atoms with Crippen LogP contribution in [0.5, 0.6) is 5.75 Å². The number of benzene rings is 1. The Morgan fingerprint density at radius 3 is 2.45 bits per heavy atom. The molecule has 4 rings (SSSR count). The van der Waals surface area contributed by atoms with Crippen LogP contribution in [0.2, 0.25) is 0 Å². The number of carbonyl (C=O) groups excluding carboxylic acids is 1. The van der Waals surface area contributed by atoms with Crippen molar-refractivity contribution < 1.29 is 23.1 Å². The van der Waals surface area contributed by atoms with Crippen molar-refractivity contribution in [2.75, 3.05) is 0 Å². The number of nitrogens with zero attached hydrogens (tertiary/aromatic N) is 3. The largest absolute Gasteiger partial charge is 0.506 e. The van der Waals surface area contributed by atoms with Crippen LogP contribution >= 0.6 is 0 Å². The Bertz CT molecular complexity index is 1130. The molecular weight excluding hydrogens is 409 g/mol. The van der Waals surface area contributed by atoms with Gasteiger partial charge in [0.05, 0.1) is 16.8 Å². The van der Waals surface area contributed by atoms with Crippen LogP contribution < -0.4 is 5.73 Å². The van der Waals surface area contributed by atoms with Crippen LogP contribution in [-0.4, -0.2) is 32.1 Å². The maximum atomic E-state index is 14.3. The smallest absolute Gasteiger partial charge is 0.252 e. The number of amides is 1. The van der Waals surface area contributed by atoms with Crippen molar-refractivity contribution in [2.24, 2.45) is 5.73 Å². The molecule has 0 aliphatic heterocycles. The molecule has 0 spiro atoms. The second-order valence-electron chi connectivity index (χ2n) is 7.69. The van der Waals surface area contributed by atoms with E-state index >= 15 is 0 Å². The highest BCUT2D eigenvalue weighted by Crippen LogP contribution is 2.48. The molecule has 2 aromatic heterocycles. The van der Waals surface area contributed by atoms with Crippen molar-refractivity contribution in [3.8, 4) is 16.9 Å². The van der Waals surface area contributed by atoms with Gasteiger partial charge in [-0.15, -0.1) is 0 Å². The number of hydrogen-bond donors (Lipinski definition) is 2. The van der Waals surface area contributed by atoms with Gasteiger partial charge in [-0.3, -0.25) is 9.78 Å². The van der Waals surface area contributed by atoms with Gasteiger partial charge in [-0.25, -0.2) is 23.1 Å². The number of alkyl halides is 1. The SMILES string of the molecule is NC(=O)c1ccc(F)c(-c2cnc(CCC3(c4ncccc4F)CC(F)C3)nc2)c1O. The van der Waals surface area contributed by atoms with Crippen molar-refractivity contribution >= 4 is 5.91 Å². The number of aromatic nitrogens is 3. The molecule has 1 aliphatic carbocycles. The second kappa shape index (κ2) is 7.98. The van der Waals surface area contributed by atoms with Crippen LogP contribution in [-0.2, 0) is 11.8 Å². The first-order chi connectivity index (χ1) is 14.8. The van der Waals surface area contributed by atoms with Crippen molar-refractivity contribution in [2.45, 2.75) is 37.3 Å². The number of aromatic hydroxyl groups is 1. The first-order valence-corrected chi connectivity index (χ1v) is 9.68. The number of halogens is 3. The van der Waals surface area contributed by atoms with E-state index in [1.54, 1.807) is 0 Å². The minimum atomic E-state index is -1.01. The van der Waals surface area contributed by atoms with E-state index in [2.05, 4.69) is 15.0 Å². The highest BCUT2D eigenvalue weighted by atomic mass is 19.1. The summed E-state index contributed by atoms with van der Waals surface area (Å²) in [6.07, 6.45) is 4.20. The van der Waals surface area contributed by atoms with Gasteiger partial charge in [0.15, 0.2) is 0 Å². The molecule has 3 N–H and O–H groups in total. The van der Waals surface area contributed by atoms with Gasteiger partial charge in [-0.05, 0) is 43.5 Å². The minimum absolute atomic E-state index is 0.166. The van der Waals surface area contributed by atoms with Gasteiger partial charge in [0.25, 0.3) is 5.91 Å². The number of aryl methyl sites for hydroxylation is 1. The average Bonchev–Trinajstić information content (AvgIpc) is 2.71. The number of rotatable bonds is 6. The second-order valence-corrected chi connectivity index (χ2v) is 7.69. The van der Waals surface area contributed by atoms with Gasteiger partial charge in [0, 0.05) is 36.0 Å². The van der Waals surface area contributed by atoms with Crippen molar-refractivity contribution in [1.29, 1.82) is 0 Å².